The van der Waals surface area contributed by atoms with E-state index in [9.17, 15) is 9.90 Å². The molecule has 5 atom stereocenters. The van der Waals surface area contributed by atoms with E-state index in [2.05, 4.69) is 37.4 Å². The van der Waals surface area contributed by atoms with Gasteiger partial charge in [0.05, 0.1) is 18.8 Å². The number of carbonyl (C=O) groups is 1. The molecule has 1 saturated heterocycles. The highest BCUT2D eigenvalue weighted by atomic mass is 16.5. The van der Waals surface area contributed by atoms with Crippen LogP contribution < -0.4 is 10.1 Å². The van der Waals surface area contributed by atoms with Gasteiger partial charge in [0.15, 0.2) is 0 Å². The van der Waals surface area contributed by atoms with Gasteiger partial charge in [-0.05, 0) is 73.5 Å². The van der Waals surface area contributed by atoms with E-state index < -0.39 is 0 Å². The fourth-order valence-corrected chi connectivity index (χ4v) is 6.49. The van der Waals surface area contributed by atoms with Crippen LogP contribution in [0.25, 0.3) is 0 Å². The van der Waals surface area contributed by atoms with Crippen LogP contribution in [0.4, 0.5) is 0 Å². The molecule has 1 unspecified atom stereocenters. The lowest BCUT2D eigenvalue weighted by atomic mass is 9.59. The van der Waals surface area contributed by atoms with E-state index in [0.29, 0.717) is 18.4 Å². The maximum absolute atomic E-state index is 12.4. The molecule has 5 heteroatoms. The maximum atomic E-state index is 12.4. The lowest BCUT2D eigenvalue weighted by molar-refractivity contribution is -0.137. The Bertz CT molecular complexity index is 761. The van der Waals surface area contributed by atoms with Crippen molar-refractivity contribution in [2.75, 3.05) is 13.2 Å². The monoisotopic (exact) mass is 401 g/mol. The molecule has 1 heterocycles. The third-order valence-corrected chi connectivity index (χ3v) is 7.71. The van der Waals surface area contributed by atoms with E-state index in [1.165, 1.54) is 5.56 Å². The van der Waals surface area contributed by atoms with Crippen molar-refractivity contribution in [1.29, 1.82) is 0 Å². The Labute approximate surface area is 174 Å². The zero-order valence-corrected chi connectivity index (χ0v) is 18.1. The summed E-state index contributed by atoms with van der Waals surface area (Å²) in [5.74, 6) is 1.81. The molecule has 3 aliphatic rings. The van der Waals surface area contributed by atoms with E-state index in [-0.39, 0.29) is 48.0 Å². The third kappa shape index (κ3) is 3.46. The van der Waals surface area contributed by atoms with Crippen molar-refractivity contribution < 1.29 is 19.4 Å². The Morgan fingerprint density at radius 3 is 2.90 bits per heavy atom. The molecule has 4 rings (SSSR count). The lowest BCUT2D eigenvalue weighted by Gasteiger charge is -2.53. The molecule has 1 amide bonds. The first-order valence-corrected chi connectivity index (χ1v) is 11.1. The van der Waals surface area contributed by atoms with E-state index in [1.807, 2.05) is 19.9 Å². The smallest absolute Gasteiger partial charge is 0.222 e. The number of ether oxygens (including phenoxy) is 2. The van der Waals surface area contributed by atoms with Crippen LogP contribution in [-0.2, 0) is 9.53 Å². The Kier molecular flexibility index (Phi) is 5.41. The van der Waals surface area contributed by atoms with Crippen LogP contribution in [0, 0.1) is 22.7 Å². The number of carbonyl (C=O) groups excluding carboxylic acids is 1. The van der Waals surface area contributed by atoms with Gasteiger partial charge in [-0.1, -0.05) is 26.0 Å². The molecule has 160 valence electrons. The minimum Gasteiger partial charge on any atom is -0.491 e. The SMILES string of the molecule is CC(C)Oc1cccc([C@H]2OCCC34C[C@@H](C[C@H]23)C(C)(C)[C@@H]4NC(=O)CCO)c1. The van der Waals surface area contributed by atoms with Crippen LogP contribution in [-0.4, -0.2) is 36.4 Å². The van der Waals surface area contributed by atoms with Crippen LogP contribution in [0.3, 0.4) is 0 Å². The maximum Gasteiger partial charge on any atom is 0.222 e. The number of fused-ring (bicyclic) bond motifs is 1. The molecular weight excluding hydrogens is 366 g/mol. The molecule has 1 spiro atoms. The number of rotatable bonds is 6. The Hall–Kier alpha value is -1.59. The first-order chi connectivity index (χ1) is 13.8. The molecule has 5 nitrogen and oxygen atoms in total. The van der Waals surface area contributed by atoms with Crippen LogP contribution in [0.1, 0.15) is 65.0 Å². The van der Waals surface area contributed by atoms with Crippen LogP contribution >= 0.6 is 0 Å². The molecule has 2 aliphatic carbocycles. The zero-order valence-electron chi connectivity index (χ0n) is 18.1. The van der Waals surface area contributed by atoms with Crippen LogP contribution in [0.15, 0.2) is 24.3 Å². The summed E-state index contributed by atoms with van der Waals surface area (Å²) in [6, 6.07) is 8.45. The van der Waals surface area contributed by atoms with Gasteiger partial charge in [0.1, 0.15) is 5.75 Å². The average molecular weight is 402 g/mol. The first-order valence-electron chi connectivity index (χ1n) is 11.1. The summed E-state index contributed by atoms with van der Waals surface area (Å²) in [6.45, 7) is 9.29. The standard InChI is InChI=1S/C24H35NO4/c1-15(2)29-18-7-5-6-16(12-18)21-19-13-17-14-24(19,9-11-28-21)22(23(17,3)4)25-20(27)8-10-26/h5-7,12,15,17,19,21-22,26H,8-11,13-14H2,1-4H3,(H,25,27)/t17-,19-,21-,22+,24?/m1/s1. The molecule has 0 aromatic heterocycles. The van der Waals surface area contributed by atoms with E-state index >= 15 is 0 Å². The highest BCUT2D eigenvalue weighted by Crippen LogP contribution is 2.70. The van der Waals surface area contributed by atoms with Gasteiger partial charge in [0.25, 0.3) is 0 Å². The molecule has 2 saturated carbocycles. The van der Waals surface area contributed by atoms with Gasteiger partial charge in [-0.3, -0.25) is 4.79 Å². The third-order valence-electron chi connectivity index (χ3n) is 7.71. The van der Waals surface area contributed by atoms with Crippen molar-refractivity contribution in [3.05, 3.63) is 29.8 Å². The van der Waals surface area contributed by atoms with Gasteiger partial charge in [0.2, 0.25) is 5.91 Å². The van der Waals surface area contributed by atoms with Gasteiger partial charge in [-0.15, -0.1) is 0 Å². The molecule has 29 heavy (non-hydrogen) atoms. The fraction of sp³-hybridized carbons (Fsp3) is 0.708. The normalized spacial score (nSPS) is 34.8. The predicted molar refractivity (Wildman–Crippen MR) is 112 cm³/mol. The molecule has 0 radical (unpaired) electrons. The predicted octanol–water partition coefficient (Wildman–Crippen LogP) is 3.85. The second-order valence-corrected chi connectivity index (χ2v) is 10.1. The summed E-state index contributed by atoms with van der Waals surface area (Å²) < 4.78 is 12.3. The number of amides is 1. The van der Waals surface area contributed by atoms with Crippen molar-refractivity contribution in [1.82, 2.24) is 5.32 Å². The molecule has 3 fully saturated rings. The summed E-state index contributed by atoms with van der Waals surface area (Å²) in [5, 5.41) is 12.5. The summed E-state index contributed by atoms with van der Waals surface area (Å²) >= 11 is 0. The van der Waals surface area contributed by atoms with Crippen molar-refractivity contribution in [3.63, 3.8) is 0 Å². The Balaban J connectivity index is 1.63. The van der Waals surface area contributed by atoms with Gasteiger partial charge in [-0.2, -0.15) is 0 Å². The highest BCUT2D eigenvalue weighted by molar-refractivity contribution is 5.76. The first kappa shape index (κ1) is 20.7. The van der Waals surface area contributed by atoms with Gasteiger partial charge in [-0.25, -0.2) is 0 Å². The molecule has 2 N–H and O–H groups in total. The number of aliphatic hydroxyl groups is 1. The van der Waals surface area contributed by atoms with Gasteiger partial charge >= 0.3 is 0 Å². The fourth-order valence-electron chi connectivity index (χ4n) is 6.49. The number of aliphatic hydroxyl groups excluding tert-OH is 1. The molecule has 2 bridgehead atoms. The number of hydrogen-bond donors (Lipinski definition) is 2. The second kappa shape index (κ2) is 7.59. The summed E-state index contributed by atoms with van der Waals surface area (Å²) in [4.78, 5) is 12.4. The second-order valence-electron chi connectivity index (χ2n) is 10.1. The van der Waals surface area contributed by atoms with Crippen LogP contribution in [0.5, 0.6) is 5.75 Å². The largest absolute Gasteiger partial charge is 0.491 e. The van der Waals surface area contributed by atoms with E-state index in [0.717, 1.165) is 25.0 Å². The number of nitrogens with one attached hydrogen (secondary N) is 1. The van der Waals surface area contributed by atoms with Crippen molar-refractivity contribution >= 4 is 5.91 Å². The van der Waals surface area contributed by atoms with Crippen molar-refractivity contribution in [2.24, 2.45) is 22.7 Å². The number of hydrogen-bond acceptors (Lipinski definition) is 4. The lowest BCUT2D eigenvalue weighted by Crippen LogP contribution is -2.59. The molecular formula is C24H35NO4. The Morgan fingerprint density at radius 2 is 2.17 bits per heavy atom. The van der Waals surface area contributed by atoms with E-state index in [1.54, 1.807) is 0 Å². The van der Waals surface area contributed by atoms with Crippen molar-refractivity contribution in [3.8, 4) is 5.75 Å². The van der Waals surface area contributed by atoms with Crippen LogP contribution in [0.2, 0.25) is 0 Å². The summed E-state index contributed by atoms with van der Waals surface area (Å²) in [6.07, 6.45) is 3.62. The molecule has 1 aromatic rings. The quantitative estimate of drug-likeness (QED) is 0.760. The highest BCUT2D eigenvalue weighted by Gasteiger charge is 2.68. The minimum absolute atomic E-state index is 0.0396. The minimum atomic E-state index is -0.104. The van der Waals surface area contributed by atoms with Gasteiger partial charge < -0.3 is 19.9 Å². The van der Waals surface area contributed by atoms with Crippen molar-refractivity contribution in [2.45, 2.75) is 71.6 Å². The molecule has 1 aliphatic heterocycles. The van der Waals surface area contributed by atoms with E-state index in [4.69, 9.17) is 9.47 Å². The summed E-state index contributed by atoms with van der Waals surface area (Å²) in [5.41, 5.74) is 1.31. The Morgan fingerprint density at radius 1 is 1.38 bits per heavy atom. The topological polar surface area (TPSA) is 67.8 Å². The molecule has 1 aromatic carbocycles. The van der Waals surface area contributed by atoms with Gasteiger partial charge in [0, 0.05) is 19.1 Å². The summed E-state index contributed by atoms with van der Waals surface area (Å²) in [7, 11) is 0. The zero-order chi connectivity index (χ0) is 20.8. The number of benzene rings is 1. The average Bonchev–Trinajstić information content (AvgIpc) is 3.14.